The van der Waals surface area contributed by atoms with Crippen molar-refractivity contribution in [1.29, 1.82) is 0 Å². The highest BCUT2D eigenvalue weighted by molar-refractivity contribution is 7.32. The predicted octanol–water partition coefficient (Wildman–Crippen LogP) is -0.791. The average molecular weight is 154 g/mol. The number of aliphatic hydroxyl groups is 2. The van der Waals surface area contributed by atoms with E-state index in [2.05, 4.69) is 11.1 Å². The van der Waals surface area contributed by atoms with Crippen LogP contribution in [0.4, 0.5) is 0 Å². The maximum absolute atomic E-state index is 9.77. The summed E-state index contributed by atoms with van der Waals surface area (Å²) in [5.41, 5.74) is 0. The first-order chi connectivity index (χ1) is 3.98. The van der Waals surface area contributed by atoms with Gasteiger partial charge in [0.2, 0.25) is 0 Å². The van der Waals surface area contributed by atoms with Gasteiger partial charge in [0, 0.05) is 0 Å². The molecule has 0 rings (SSSR count). The van der Waals surface area contributed by atoms with Crippen molar-refractivity contribution < 1.29 is 24.2 Å². The molecule has 0 saturated heterocycles. The minimum Gasteiger partial charge on any atom is -0.340 e. The highest BCUT2D eigenvalue weighted by Gasteiger charge is 2.20. The molecule has 6 heteroatoms. The van der Waals surface area contributed by atoms with E-state index in [1.54, 1.807) is 0 Å². The Bertz CT molecular complexity index is 130. The third-order valence-corrected chi connectivity index (χ3v) is 0.978. The second-order valence-corrected chi connectivity index (χ2v) is 1.97. The fourth-order valence-electron chi connectivity index (χ4n) is 0.170. The number of hydrogen-bond donors (Lipinski definition) is 3. The molecule has 9 heavy (non-hydrogen) atoms. The SMILES string of the molecule is C=CC(O)(O)O[PH](=O)O. The first kappa shape index (κ1) is 8.81. The van der Waals surface area contributed by atoms with Crippen LogP contribution in [0.1, 0.15) is 0 Å². The molecule has 0 amide bonds. The lowest BCUT2D eigenvalue weighted by Gasteiger charge is -2.13. The van der Waals surface area contributed by atoms with Gasteiger partial charge in [-0.3, -0.25) is 4.57 Å². The maximum atomic E-state index is 9.77. The van der Waals surface area contributed by atoms with Crippen LogP contribution in [0.25, 0.3) is 0 Å². The van der Waals surface area contributed by atoms with Gasteiger partial charge in [0.05, 0.1) is 0 Å². The van der Waals surface area contributed by atoms with Crippen LogP contribution >= 0.6 is 8.25 Å². The smallest absolute Gasteiger partial charge is 0.321 e. The van der Waals surface area contributed by atoms with E-state index in [1.165, 1.54) is 0 Å². The van der Waals surface area contributed by atoms with Crippen LogP contribution in [-0.4, -0.2) is 21.1 Å². The van der Waals surface area contributed by atoms with Gasteiger partial charge >= 0.3 is 14.2 Å². The molecule has 0 bridgehead atoms. The third-order valence-electron chi connectivity index (χ3n) is 0.503. The van der Waals surface area contributed by atoms with E-state index in [9.17, 15) is 4.57 Å². The van der Waals surface area contributed by atoms with E-state index in [0.717, 1.165) is 0 Å². The second-order valence-electron chi connectivity index (χ2n) is 1.23. The van der Waals surface area contributed by atoms with Gasteiger partial charge in [-0.05, 0) is 6.08 Å². The van der Waals surface area contributed by atoms with Gasteiger partial charge < -0.3 is 15.1 Å². The Labute approximate surface area is 52.2 Å². The molecule has 0 spiro atoms. The lowest BCUT2D eigenvalue weighted by Crippen LogP contribution is -2.25. The molecule has 0 aromatic rings. The molecular weight excluding hydrogens is 147 g/mol. The molecule has 5 nitrogen and oxygen atoms in total. The predicted molar refractivity (Wildman–Crippen MR) is 29.7 cm³/mol. The summed E-state index contributed by atoms with van der Waals surface area (Å²) in [5.74, 6) is -2.69. The summed E-state index contributed by atoms with van der Waals surface area (Å²) in [4.78, 5) is 7.98. The molecule has 0 aliphatic carbocycles. The van der Waals surface area contributed by atoms with Crippen molar-refractivity contribution in [3.63, 3.8) is 0 Å². The summed E-state index contributed by atoms with van der Waals surface area (Å²) in [5, 5.41) is 16.7. The van der Waals surface area contributed by atoms with E-state index in [0.29, 0.717) is 6.08 Å². The zero-order valence-corrected chi connectivity index (χ0v) is 5.44. The molecule has 0 radical (unpaired) electrons. The molecule has 0 aliphatic rings. The van der Waals surface area contributed by atoms with Gasteiger partial charge in [0.1, 0.15) is 0 Å². The van der Waals surface area contributed by atoms with Crippen LogP contribution in [0.15, 0.2) is 12.7 Å². The Kier molecular flexibility index (Phi) is 3.03. The molecule has 1 atom stereocenters. The van der Waals surface area contributed by atoms with Crippen molar-refractivity contribution in [2.45, 2.75) is 5.97 Å². The second kappa shape index (κ2) is 3.10. The van der Waals surface area contributed by atoms with Crippen molar-refractivity contribution in [3.8, 4) is 0 Å². The van der Waals surface area contributed by atoms with Gasteiger partial charge in [-0.25, -0.2) is 4.52 Å². The Morgan fingerprint density at radius 1 is 1.67 bits per heavy atom. The first-order valence-electron chi connectivity index (χ1n) is 1.98. The molecule has 0 aromatic heterocycles. The molecule has 0 saturated carbocycles. The van der Waals surface area contributed by atoms with Crippen molar-refractivity contribution in [2.75, 3.05) is 0 Å². The fraction of sp³-hybridized carbons (Fsp3) is 0.333. The largest absolute Gasteiger partial charge is 0.340 e. The van der Waals surface area contributed by atoms with Gasteiger partial charge in [-0.1, -0.05) is 6.58 Å². The van der Waals surface area contributed by atoms with Gasteiger partial charge in [0.25, 0.3) is 0 Å². The summed E-state index contributed by atoms with van der Waals surface area (Å²) < 4.78 is 13.5. The van der Waals surface area contributed by atoms with Crippen LogP contribution in [0.5, 0.6) is 0 Å². The van der Waals surface area contributed by atoms with Crippen LogP contribution < -0.4 is 0 Å². The highest BCUT2D eigenvalue weighted by Crippen LogP contribution is 2.22. The summed E-state index contributed by atoms with van der Waals surface area (Å²) >= 11 is 0. The van der Waals surface area contributed by atoms with Crippen LogP contribution in [0, 0.1) is 0 Å². The monoisotopic (exact) mass is 154 g/mol. The van der Waals surface area contributed by atoms with Crippen LogP contribution in [-0.2, 0) is 9.09 Å². The Morgan fingerprint density at radius 3 is 2.22 bits per heavy atom. The zero-order chi connectivity index (χ0) is 7.49. The zero-order valence-electron chi connectivity index (χ0n) is 4.44. The lowest BCUT2D eigenvalue weighted by molar-refractivity contribution is -0.253. The standard InChI is InChI=1S/C3H7O5P/c1-2-3(4,5)8-9(6)7/h2,4-5,9H,1H2,(H,6,7). The highest BCUT2D eigenvalue weighted by atomic mass is 31.1. The maximum Gasteiger partial charge on any atom is 0.321 e. The van der Waals surface area contributed by atoms with E-state index in [1.807, 2.05) is 0 Å². The molecule has 0 aliphatic heterocycles. The van der Waals surface area contributed by atoms with E-state index >= 15 is 0 Å². The summed E-state index contributed by atoms with van der Waals surface area (Å²) in [6.45, 7) is 2.93. The Hall–Kier alpha value is -0.190. The summed E-state index contributed by atoms with van der Waals surface area (Å²) in [6, 6.07) is 0. The van der Waals surface area contributed by atoms with Gasteiger partial charge in [-0.2, -0.15) is 0 Å². The average Bonchev–Trinajstić information content (AvgIpc) is 1.63. The molecule has 0 fully saturated rings. The number of rotatable bonds is 3. The molecule has 1 unspecified atom stereocenters. The van der Waals surface area contributed by atoms with Gasteiger partial charge in [-0.15, -0.1) is 0 Å². The minimum absolute atomic E-state index is 0.589. The van der Waals surface area contributed by atoms with Crippen molar-refractivity contribution in [2.24, 2.45) is 0 Å². The normalized spacial score (nSPS) is 15.0. The molecule has 54 valence electrons. The van der Waals surface area contributed by atoms with Crippen LogP contribution in [0.3, 0.4) is 0 Å². The Balaban J connectivity index is 3.86. The Morgan fingerprint density at radius 2 is 2.11 bits per heavy atom. The molecule has 0 aromatic carbocycles. The van der Waals surface area contributed by atoms with E-state index in [4.69, 9.17) is 15.1 Å². The van der Waals surface area contributed by atoms with Crippen molar-refractivity contribution in [1.82, 2.24) is 0 Å². The minimum atomic E-state index is -3.32. The molecular formula is C3H7O5P. The summed E-state index contributed by atoms with van der Waals surface area (Å²) in [6.07, 6.45) is 0.589. The van der Waals surface area contributed by atoms with Crippen molar-refractivity contribution >= 4 is 8.25 Å². The number of hydrogen-bond acceptors (Lipinski definition) is 4. The fourth-order valence-corrected chi connectivity index (χ4v) is 0.511. The topological polar surface area (TPSA) is 87.0 Å². The first-order valence-corrected chi connectivity index (χ1v) is 3.24. The lowest BCUT2D eigenvalue weighted by atomic mass is 10.6. The van der Waals surface area contributed by atoms with Gasteiger partial charge in [0.15, 0.2) is 0 Å². The van der Waals surface area contributed by atoms with E-state index < -0.39 is 14.2 Å². The van der Waals surface area contributed by atoms with E-state index in [-0.39, 0.29) is 0 Å². The third kappa shape index (κ3) is 4.32. The van der Waals surface area contributed by atoms with Crippen molar-refractivity contribution in [3.05, 3.63) is 12.7 Å². The molecule has 3 N–H and O–H groups in total. The van der Waals surface area contributed by atoms with Crippen LogP contribution in [0.2, 0.25) is 0 Å². The molecule has 0 heterocycles. The summed E-state index contributed by atoms with van der Waals surface area (Å²) in [7, 11) is -3.32. The quantitative estimate of drug-likeness (QED) is 0.281.